The van der Waals surface area contributed by atoms with Gasteiger partial charge in [-0.1, -0.05) is 6.42 Å². The highest BCUT2D eigenvalue weighted by Crippen LogP contribution is 2.48. The zero-order valence-electron chi connectivity index (χ0n) is 12.3. The van der Waals surface area contributed by atoms with Gasteiger partial charge in [0, 0.05) is 25.7 Å². The third-order valence-corrected chi connectivity index (χ3v) is 5.17. The molecule has 0 spiro atoms. The molecule has 0 aromatic carbocycles. The van der Waals surface area contributed by atoms with E-state index < -0.39 is 0 Å². The van der Waals surface area contributed by atoms with Gasteiger partial charge in [0.25, 0.3) is 0 Å². The molecule has 2 bridgehead atoms. The van der Waals surface area contributed by atoms with Crippen LogP contribution in [0.5, 0.6) is 0 Å². The smallest absolute Gasteiger partial charge is 0.223 e. The Kier molecular flexibility index (Phi) is 4.94. The highest BCUT2D eigenvalue weighted by atomic mass is 16.5. The zero-order valence-corrected chi connectivity index (χ0v) is 12.3. The van der Waals surface area contributed by atoms with Gasteiger partial charge in [-0.25, -0.2) is 0 Å². The maximum Gasteiger partial charge on any atom is 0.223 e. The van der Waals surface area contributed by atoms with Gasteiger partial charge in [-0.05, 0) is 50.4 Å². The van der Waals surface area contributed by atoms with Crippen molar-refractivity contribution in [3.63, 3.8) is 0 Å². The summed E-state index contributed by atoms with van der Waals surface area (Å²) in [6.07, 6.45) is 8.54. The van der Waals surface area contributed by atoms with Crippen LogP contribution in [0, 0.1) is 17.8 Å². The van der Waals surface area contributed by atoms with Gasteiger partial charge in [-0.3, -0.25) is 4.79 Å². The van der Waals surface area contributed by atoms with Crippen molar-refractivity contribution in [3.8, 4) is 0 Å². The van der Waals surface area contributed by atoms with Crippen LogP contribution in [-0.4, -0.2) is 38.4 Å². The van der Waals surface area contributed by atoms with Crippen molar-refractivity contribution < 1.29 is 14.3 Å². The first-order chi connectivity index (χ1) is 9.83. The average molecular weight is 281 g/mol. The Morgan fingerprint density at radius 2 is 2.20 bits per heavy atom. The van der Waals surface area contributed by atoms with Crippen molar-refractivity contribution >= 4 is 5.91 Å². The van der Waals surface area contributed by atoms with Gasteiger partial charge >= 0.3 is 0 Å². The third kappa shape index (κ3) is 3.53. The van der Waals surface area contributed by atoms with Crippen LogP contribution in [0.2, 0.25) is 0 Å². The lowest BCUT2D eigenvalue weighted by Gasteiger charge is -2.20. The topological polar surface area (TPSA) is 47.6 Å². The second kappa shape index (κ2) is 6.90. The Labute approximate surface area is 121 Å². The molecule has 1 heterocycles. The molecule has 0 aromatic rings. The van der Waals surface area contributed by atoms with Crippen LogP contribution in [-0.2, 0) is 14.3 Å². The fourth-order valence-corrected chi connectivity index (χ4v) is 4.07. The Morgan fingerprint density at radius 3 is 2.90 bits per heavy atom. The molecule has 1 saturated heterocycles. The minimum absolute atomic E-state index is 0.288. The molecule has 1 N–H and O–H groups in total. The first kappa shape index (κ1) is 14.3. The SMILES string of the molecule is O=C(NCCCOCC1CCCO1)C1CC2CCC1C2. The van der Waals surface area contributed by atoms with E-state index in [9.17, 15) is 4.79 Å². The summed E-state index contributed by atoms with van der Waals surface area (Å²) in [5.41, 5.74) is 0. The molecule has 3 aliphatic rings. The molecule has 0 aromatic heterocycles. The van der Waals surface area contributed by atoms with Crippen molar-refractivity contribution in [1.82, 2.24) is 5.32 Å². The predicted octanol–water partition coefficient (Wildman–Crippen LogP) is 2.12. The van der Waals surface area contributed by atoms with E-state index in [1.165, 1.54) is 19.3 Å². The van der Waals surface area contributed by atoms with Crippen molar-refractivity contribution in [2.45, 2.75) is 51.0 Å². The van der Waals surface area contributed by atoms with E-state index in [0.29, 0.717) is 24.5 Å². The van der Waals surface area contributed by atoms with E-state index in [4.69, 9.17) is 9.47 Å². The number of carbonyl (C=O) groups is 1. The van der Waals surface area contributed by atoms with Crippen LogP contribution in [0.1, 0.15) is 44.9 Å². The van der Waals surface area contributed by atoms with Gasteiger partial charge in [0.05, 0.1) is 12.7 Å². The van der Waals surface area contributed by atoms with Crippen LogP contribution in [0.25, 0.3) is 0 Å². The molecule has 4 unspecified atom stereocenters. The molecule has 1 amide bonds. The number of carbonyl (C=O) groups excluding carboxylic acids is 1. The molecule has 4 heteroatoms. The number of rotatable bonds is 7. The molecule has 2 saturated carbocycles. The summed E-state index contributed by atoms with van der Waals surface area (Å²) < 4.78 is 11.1. The second-order valence-electron chi connectivity index (χ2n) is 6.64. The van der Waals surface area contributed by atoms with Crippen LogP contribution in [0.15, 0.2) is 0 Å². The Hall–Kier alpha value is -0.610. The highest BCUT2D eigenvalue weighted by Gasteiger charge is 2.42. The number of amides is 1. The van der Waals surface area contributed by atoms with E-state index >= 15 is 0 Å². The predicted molar refractivity (Wildman–Crippen MR) is 76.4 cm³/mol. The largest absolute Gasteiger partial charge is 0.379 e. The van der Waals surface area contributed by atoms with Gasteiger partial charge in [0.1, 0.15) is 0 Å². The summed E-state index contributed by atoms with van der Waals surface area (Å²) in [5, 5.41) is 3.09. The van der Waals surface area contributed by atoms with Crippen LogP contribution < -0.4 is 5.32 Å². The number of ether oxygens (including phenoxy) is 2. The van der Waals surface area contributed by atoms with E-state index in [1.54, 1.807) is 0 Å². The summed E-state index contributed by atoms with van der Waals surface area (Å²) in [5.74, 6) is 2.11. The molecule has 3 rings (SSSR count). The van der Waals surface area contributed by atoms with Crippen molar-refractivity contribution in [2.24, 2.45) is 17.8 Å². The standard InChI is InChI=1S/C16H27NO3/c18-16(15-10-12-4-5-13(15)9-12)17-6-2-7-19-11-14-3-1-8-20-14/h12-15H,1-11H2,(H,17,18). The number of hydrogen-bond acceptors (Lipinski definition) is 3. The first-order valence-corrected chi connectivity index (χ1v) is 8.30. The van der Waals surface area contributed by atoms with Crippen LogP contribution in [0.3, 0.4) is 0 Å². The summed E-state index contributed by atoms with van der Waals surface area (Å²) in [6, 6.07) is 0. The lowest BCUT2D eigenvalue weighted by molar-refractivity contribution is -0.126. The monoisotopic (exact) mass is 281 g/mol. The molecule has 4 nitrogen and oxygen atoms in total. The minimum atomic E-state index is 0.288. The van der Waals surface area contributed by atoms with Crippen LogP contribution >= 0.6 is 0 Å². The maximum absolute atomic E-state index is 12.1. The average Bonchev–Trinajstić information content (AvgIpc) is 3.18. The molecule has 114 valence electrons. The second-order valence-corrected chi connectivity index (χ2v) is 6.64. The summed E-state index contributed by atoms with van der Waals surface area (Å²) >= 11 is 0. The third-order valence-electron chi connectivity index (χ3n) is 5.17. The molecule has 0 radical (unpaired) electrons. The molecule has 4 atom stereocenters. The van der Waals surface area contributed by atoms with Gasteiger partial charge in [0.15, 0.2) is 0 Å². The first-order valence-electron chi connectivity index (χ1n) is 8.30. The number of nitrogens with one attached hydrogen (secondary N) is 1. The Balaban J connectivity index is 1.22. The maximum atomic E-state index is 12.1. The lowest BCUT2D eigenvalue weighted by atomic mass is 9.88. The van der Waals surface area contributed by atoms with Gasteiger partial charge in [-0.2, -0.15) is 0 Å². The summed E-state index contributed by atoms with van der Waals surface area (Å²) in [7, 11) is 0. The van der Waals surface area contributed by atoms with E-state index in [1.807, 2.05) is 0 Å². The van der Waals surface area contributed by atoms with Crippen molar-refractivity contribution in [3.05, 3.63) is 0 Å². The van der Waals surface area contributed by atoms with Crippen molar-refractivity contribution in [2.75, 3.05) is 26.4 Å². The Morgan fingerprint density at radius 1 is 1.25 bits per heavy atom. The molecular formula is C16H27NO3. The summed E-state index contributed by atoms with van der Waals surface area (Å²) in [4.78, 5) is 12.1. The summed E-state index contributed by atoms with van der Waals surface area (Å²) in [6.45, 7) is 3.06. The quantitative estimate of drug-likeness (QED) is 0.727. The zero-order chi connectivity index (χ0) is 13.8. The molecule has 3 fully saturated rings. The highest BCUT2D eigenvalue weighted by molar-refractivity contribution is 5.79. The van der Waals surface area contributed by atoms with Crippen molar-refractivity contribution in [1.29, 1.82) is 0 Å². The van der Waals surface area contributed by atoms with Gasteiger partial charge in [0.2, 0.25) is 5.91 Å². The molecule has 20 heavy (non-hydrogen) atoms. The molecular weight excluding hydrogens is 254 g/mol. The van der Waals surface area contributed by atoms with E-state index in [-0.39, 0.29) is 5.91 Å². The van der Waals surface area contributed by atoms with E-state index in [2.05, 4.69) is 5.32 Å². The van der Waals surface area contributed by atoms with E-state index in [0.717, 1.165) is 51.4 Å². The molecule has 2 aliphatic carbocycles. The molecule has 1 aliphatic heterocycles. The number of hydrogen-bond donors (Lipinski definition) is 1. The normalized spacial score (nSPS) is 35.6. The fraction of sp³-hybridized carbons (Fsp3) is 0.938. The minimum Gasteiger partial charge on any atom is -0.379 e. The van der Waals surface area contributed by atoms with Crippen LogP contribution in [0.4, 0.5) is 0 Å². The van der Waals surface area contributed by atoms with Gasteiger partial charge in [-0.15, -0.1) is 0 Å². The Bertz CT molecular complexity index is 328. The number of fused-ring (bicyclic) bond motifs is 2. The lowest BCUT2D eigenvalue weighted by Crippen LogP contribution is -2.34. The fourth-order valence-electron chi connectivity index (χ4n) is 4.07. The van der Waals surface area contributed by atoms with Gasteiger partial charge < -0.3 is 14.8 Å².